The fourth-order valence-corrected chi connectivity index (χ4v) is 8.05. The second kappa shape index (κ2) is 11.9. The van der Waals surface area contributed by atoms with Crippen LogP contribution in [0.3, 0.4) is 0 Å². The number of imide groups is 1. The zero-order valence-electron chi connectivity index (χ0n) is 26.9. The zero-order chi connectivity index (χ0) is 34.0. The number of amides is 2. The molecule has 9 nitrogen and oxygen atoms in total. The molecule has 3 aromatic carbocycles. The normalized spacial score (nSPS) is 23.6. The number of anilines is 2. The average Bonchev–Trinajstić information content (AvgIpc) is 3.33. The number of nitrogens with zero attached hydrogens (tertiary/aromatic N) is 4. The van der Waals surface area contributed by atoms with E-state index in [1.165, 1.54) is 11.0 Å². The Balaban J connectivity index is 1.20. The Morgan fingerprint density at radius 3 is 2.06 bits per heavy atom. The van der Waals surface area contributed by atoms with Crippen LogP contribution in [0.1, 0.15) is 35.4 Å². The Morgan fingerprint density at radius 1 is 0.854 bits per heavy atom. The monoisotopic (exact) mass is 704 g/mol. The Hall–Kier alpha value is -4.96. The minimum atomic E-state index is -0.689. The number of carbonyl (C=O) groups is 4. The molecule has 48 heavy (non-hydrogen) atoms. The number of phenols is 1. The van der Waals surface area contributed by atoms with Crippen LogP contribution in [0.4, 0.5) is 22.7 Å². The number of phenolic OH excluding ortho intramolecular Hbond substituents is 1. The molecule has 0 aromatic heterocycles. The largest absolute Gasteiger partial charge is 0.507 e. The van der Waals surface area contributed by atoms with E-state index >= 15 is 0 Å². The first kappa shape index (κ1) is 31.6. The van der Waals surface area contributed by atoms with Crippen LogP contribution < -0.4 is 9.80 Å². The zero-order valence-corrected chi connectivity index (χ0v) is 28.5. The second-order valence-corrected chi connectivity index (χ2v) is 13.9. The van der Waals surface area contributed by atoms with Crippen molar-refractivity contribution in [3.05, 3.63) is 111 Å². The summed E-state index contributed by atoms with van der Waals surface area (Å²) in [5, 5.41) is 19.1. The Bertz CT molecular complexity index is 2020. The molecule has 0 saturated carbocycles. The van der Waals surface area contributed by atoms with Crippen LogP contribution in [0.2, 0.25) is 0 Å². The summed E-state index contributed by atoms with van der Waals surface area (Å²) >= 11 is 3.27. The number of azo groups is 1. The lowest BCUT2D eigenvalue weighted by Crippen LogP contribution is -2.39. The molecular weight excluding hydrogens is 672 g/mol. The van der Waals surface area contributed by atoms with Crippen molar-refractivity contribution in [2.45, 2.75) is 32.6 Å². The van der Waals surface area contributed by atoms with E-state index in [0.717, 1.165) is 16.8 Å². The van der Waals surface area contributed by atoms with Gasteiger partial charge in [0.05, 0.1) is 33.4 Å². The van der Waals surface area contributed by atoms with E-state index in [2.05, 4.69) is 26.2 Å². The van der Waals surface area contributed by atoms with Crippen molar-refractivity contribution in [2.75, 3.05) is 23.9 Å². The third-order valence-electron chi connectivity index (χ3n) is 9.93. The SMILES string of the molecule is Cc1cc([C@H]2C3=CC[C@@H]4C(=O)N(c5ccc(N=Nc6ccc(N(C)C)cc6)cc5)C(=O)[C@@H]4[C@@H]3CC3=C2C(=O)C=C(Br)C3=O)cc(C)c1O. The molecule has 1 aliphatic heterocycles. The van der Waals surface area contributed by atoms with Crippen LogP contribution in [-0.2, 0) is 19.2 Å². The Kier molecular flexibility index (Phi) is 7.86. The molecule has 0 unspecified atom stereocenters. The summed E-state index contributed by atoms with van der Waals surface area (Å²) in [5.41, 5.74) is 6.48. The molecule has 242 valence electrons. The van der Waals surface area contributed by atoms with Crippen LogP contribution in [0.15, 0.2) is 104 Å². The fourth-order valence-electron chi connectivity index (χ4n) is 7.60. The van der Waals surface area contributed by atoms with Crippen LogP contribution in [-0.4, -0.2) is 42.6 Å². The quantitative estimate of drug-likeness (QED) is 0.127. The first-order chi connectivity index (χ1) is 22.9. The molecule has 3 aliphatic carbocycles. The number of carbonyl (C=O) groups excluding carboxylic acids is 4. The van der Waals surface area contributed by atoms with E-state index in [0.29, 0.717) is 45.8 Å². The number of hydrogen-bond donors (Lipinski definition) is 1. The number of halogens is 1. The van der Waals surface area contributed by atoms with Gasteiger partial charge in [-0.15, -0.1) is 0 Å². The number of aromatic hydroxyl groups is 1. The summed E-state index contributed by atoms with van der Waals surface area (Å²) in [5.74, 6) is -3.28. The van der Waals surface area contributed by atoms with Gasteiger partial charge in [-0.2, -0.15) is 10.2 Å². The molecule has 4 atom stereocenters. The van der Waals surface area contributed by atoms with Crippen LogP contribution >= 0.6 is 15.9 Å². The smallest absolute Gasteiger partial charge is 0.238 e. The Labute approximate surface area is 286 Å². The van der Waals surface area contributed by atoms with Gasteiger partial charge in [-0.1, -0.05) is 23.8 Å². The molecule has 3 aromatic rings. The van der Waals surface area contributed by atoms with Gasteiger partial charge in [-0.3, -0.25) is 24.1 Å². The van der Waals surface area contributed by atoms with Crippen molar-refractivity contribution in [1.29, 1.82) is 0 Å². The average molecular weight is 706 g/mol. The minimum absolute atomic E-state index is 0.171. The highest BCUT2D eigenvalue weighted by Crippen LogP contribution is 2.56. The van der Waals surface area contributed by atoms with E-state index in [4.69, 9.17) is 0 Å². The lowest BCUT2D eigenvalue weighted by molar-refractivity contribution is -0.123. The van der Waals surface area contributed by atoms with Crippen molar-refractivity contribution in [2.24, 2.45) is 28.0 Å². The van der Waals surface area contributed by atoms with Crippen molar-refractivity contribution < 1.29 is 24.3 Å². The summed E-state index contributed by atoms with van der Waals surface area (Å²) < 4.78 is 0.182. The first-order valence-corrected chi connectivity index (χ1v) is 16.6. The van der Waals surface area contributed by atoms with Gasteiger partial charge < -0.3 is 10.0 Å². The molecule has 4 aliphatic rings. The maximum atomic E-state index is 14.3. The highest BCUT2D eigenvalue weighted by atomic mass is 79.9. The number of Topliss-reactive ketones (excluding diaryl/α,β-unsaturated/α-hetero) is 1. The van der Waals surface area contributed by atoms with Gasteiger partial charge in [0.25, 0.3) is 0 Å². The predicted molar refractivity (Wildman–Crippen MR) is 186 cm³/mol. The van der Waals surface area contributed by atoms with E-state index < -0.39 is 23.7 Å². The first-order valence-electron chi connectivity index (χ1n) is 15.8. The van der Waals surface area contributed by atoms with Crippen LogP contribution in [0.5, 0.6) is 5.75 Å². The number of hydrogen-bond acceptors (Lipinski definition) is 8. The van der Waals surface area contributed by atoms with Crippen molar-refractivity contribution in [3.8, 4) is 5.75 Å². The number of rotatable bonds is 5. The molecule has 2 amide bonds. The van der Waals surface area contributed by atoms with Crippen LogP contribution in [0.25, 0.3) is 0 Å². The summed E-state index contributed by atoms with van der Waals surface area (Å²) in [7, 11) is 3.93. The molecule has 0 bridgehead atoms. The topological polar surface area (TPSA) is 120 Å². The number of fused-ring (bicyclic) bond motifs is 3. The van der Waals surface area contributed by atoms with E-state index in [-0.39, 0.29) is 40.0 Å². The predicted octanol–water partition coefficient (Wildman–Crippen LogP) is 7.46. The minimum Gasteiger partial charge on any atom is -0.507 e. The van der Waals surface area contributed by atoms with Gasteiger partial charge in [-0.05, 0) is 114 Å². The summed E-state index contributed by atoms with van der Waals surface area (Å²) in [6.07, 6.45) is 3.83. The van der Waals surface area contributed by atoms with E-state index in [9.17, 15) is 24.3 Å². The highest BCUT2D eigenvalue weighted by molar-refractivity contribution is 9.12. The molecule has 0 radical (unpaired) electrons. The molecular formula is C38H33BrN4O5. The maximum Gasteiger partial charge on any atom is 0.238 e. The number of benzene rings is 3. The number of ketones is 2. The third kappa shape index (κ3) is 5.15. The Morgan fingerprint density at radius 2 is 1.46 bits per heavy atom. The van der Waals surface area contributed by atoms with Gasteiger partial charge in [0, 0.05) is 42.9 Å². The third-order valence-corrected chi connectivity index (χ3v) is 10.5. The van der Waals surface area contributed by atoms with Gasteiger partial charge in [-0.25, -0.2) is 0 Å². The van der Waals surface area contributed by atoms with Crippen molar-refractivity contribution in [1.82, 2.24) is 0 Å². The van der Waals surface area contributed by atoms with E-state index in [1.807, 2.05) is 61.5 Å². The van der Waals surface area contributed by atoms with Gasteiger partial charge in [0.1, 0.15) is 5.75 Å². The second-order valence-electron chi connectivity index (χ2n) is 13.0. The van der Waals surface area contributed by atoms with Gasteiger partial charge in [0.15, 0.2) is 11.6 Å². The molecule has 0 spiro atoms. The lowest BCUT2D eigenvalue weighted by atomic mass is 9.59. The highest BCUT2D eigenvalue weighted by Gasteiger charge is 2.56. The molecule has 1 heterocycles. The fraction of sp³-hybridized carbons (Fsp3) is 0.263. The molecule has 1 N–H and O–H groups in total. The molecule has 1 fully saturated rings. The molecule has 7 rings (SSSR count). The van der Waals surface area contributed by atoms with E-state index in [1.54, 1.807) is 38.1 Å². The van der Waals surface area contributed by atoms with Crippen LogP contribution in [0, 0.1) is 31.6 Å². The number of aryl methyl sites for hydroxylation is 2. The van der Waals surface area contributed by atoms with Crippen molar-refractivity contribution in [3.63, 3.8) is 0 Å². The summed E-state index contributed by atoms with van der Waals surface area (Å²) in [4.78, 5) is 58.4. The standard InChI is InChI=1S/C38H33BrN4O5/c1-19-15-21(16-20(2)35(19)45)32-26-13-14-27-33(28(26)17-29-34(32)31(44)18-30(39)36(29)46)38(48)43(37(27)47)25-11-7-23(8-12-25)41-40-22-5-9-24(10-6-22)42(3)4/h5-13,15-16,18,27-28,32-33,45H,14,17H2,1-4H3/t27-,28+,32-,33-/m0/s1. The molecule has 10 heteroatoms. The number of allylic oxidation sites excluding steroid dienone is 6. The molecule has 1 saturated heterocycles. The summed E-state index contributed by atoms with van der Waals surface area (Å²) in [6.45, 7) is 3.59. The summed E-state index contributed by atoms with van der Waals surface area (Å²) in [6, 6.07) is 18.2. The van der Waals surface area contributed by atoms with Crippen molar-refractivity contribution >= 4 is 62.1 Å². The lowest BCUT2D eigenvalue weighted by Gasteiger charge is -2.42. The maximum absolute atomic E-state index is 14.3. The van der Waals surface area contributed by atoms with Gasteiger partial charge in [0.2, 0.25) is 11.8 Å². The van der Waals surface area contributed by atoms with Gasteiger partial charge >= 0.3 is 0 Å².